The van der Waals surface area contributed by atoms with Gasteiger partial charge in [0.2, 0.25) is 5.91 Å². The Labute approximate surface area is 131 Å². The molecule has 0 aliphatic carbocycles. The Morgan fingerprint density at radius 1 is 1.38 bits per heavy atom. The van der Waals surface area contributed by atoms with Gasteiger partial charge in [0.25, 0.3) is 5.91 Å². The van der Waals surface area contributed by atoms with Gasteiger partial charge in [0.15, 0.2) is 0 Å². The van der Waals surface area contributed by atoms with Gasteiger partial charge in [0, 0.05) is 30.3 Å². The monoisotopic (exact) mass is 311 g/mol. The zero-order valence-electron chi connectivity index (χ0n) is 12.1. The lowest BCUT2D eigenvalue weighted by molar-refractivity contribution is -0.115. The lowest BCUT2D eigenvalue weighted by Gasteiger charge is -2.12. The molecule has 1 aliphatic rings. The van der Waals surface area contributed by atoms with E-state index in [1.54, 1.807) is 31.2 Å². The smallest absolute Gasteiger partial charge is 0.251 e. The summed E-state index contributed by atoms with van der Waals surface area (Å²) in [7, 11) is 0. The van der Waals surface area contributed by atoms with Crippen LogP contribution in [0.1, 0.15) is 36.5 Å². The molecule has 2 rings (SSSR count). The van der Waals surface area contributed by atoms with Crippen LogP contribution in [0.4, 0.5) is 5.69 Å². The minimum Gasteiger partial charge on any atom is -0.350 e. The van der Waals surface area contributed by atoms with Crippen LogP contribution in [0.2, 0.25) is 0 Å². The maximum atomic E-state index is 12.1. The molecule has 1 aliphatic heterocycles. The van der Waals surface area contributed by atoms with Gasteiger partial charge >= 0.3 is 0 Å². The molecule has 1 aromatic carbocycles. The van der Waals surface area contributed by atoms with Gasteiger partial charge in [-0.25, -0.2) is 0 Å². The Hall–Kier alpha value is -1.59. The molecule has 5 nitrogen and oxygen atoms in total. The molecule has 0 aromatic heterocycles. The number of rotatable bonds is 5. The van der Waals surface area contributed by atoms with E-state index in [1.165, 1.54) is 6.42 Å². The molecule has 21 heavy (non-hydrogen) atoms. The summed E-state index contributed by atoms with van der Waals surface area (Å²) in [6.45, 7) is 3.46. The number of halogens is 1. The highest BCUT2D eigenvalue weighted by atomic mass is 35.5. The topological polar surface area (TPSA) is 70.2 Å². The van der Waals surface area contributed by atoms with Crippen LogP contribution in [-0.4, -0.2) is 30.9 Å². The third kappa shape index (κ3) is 5.36. The maximum absolute atomic E-state index is 12.1. The number of amides is 2. The summed E-state index contributed by atoms with van der Waals surface area (Å²) in [6, 6.07) is 7.38. The summed E-state index contributed by atoms with van der Waals surface area (Å²) in [5.74, 6) is -0.163. The van der Waals surface area contributed by atoms with Gasteiger partial charge in [-0.05, 0) is 37.6 Å². The van der Waals surface area contributed by atoms with Crippen molar-refractivity contribution in [3.8, 4) is 0 Å². The number of hydrogen-bond donors (Lipinski definition) is 3. The summed E-state index contributed by atoms with van der Waals surface area (Å²) in [6.07, 6.45) is 2.69. The third-order valence-corrected chi connectivity index (χ3v) is 3.40. The van der Waals surface area contributed by atoms with Crippen LogP contribution in [0, 0.1) is 0 Å². The highest BCUT2D eigenvalue weighted by molar-refractivity contribution is 5.97. The predicted molar refractivity (Wildman–Crippen MR) is 86.0 cm³/mol. The molecule has 1 unspecified atom stereocenters. The zero-order valence-corrected chi connectivity index (χ0v) is 13.0. The molecule has 116 valence electrons. The van der Waals surface area contributed by atoms with Crippen molar-refractivity contribution >= 4 is 29.9 Å². The third-order valence-electron chi connectivity index (χ3n) is 3.40. The number of benzene rings is 1. The van der Waals surface area contributed by atoms with E-state index in [-0.39, 0.29) is 24.2 Å². The summed E-state index contributed by atoms with van der Waals surface area (Å²) in [5, 5.41) is 9.01. The van der Waals surface area contributed by atoms with Crippen molar-refractivity contribution in [2.45, 2.75) is 32.2 Å². The largest absolute Gasteiger partial charge is 0.350 e. The first-order chi connectivity index (χ1) is 9.69. The van der Waals surface area contributed by atoms with Crippen LogP contribution in [0.5, 0.6) is 0 Å². The van der Waals surface area contributed by atoms with Crippen LogP contribution in [0.25, 0.3) is 0 Å². The van der Waals surface area contributed by atoms with Crippen LogP contribution < -0.4 is 16.0 Å². The number of nitrogens with one attached hydrogen (secondary N) is 3. The quantitative estimate of drug-likeness (QED) is 0.778. The van der Waals surface area contributed by atoms with E-state index in [1.807, 2.05) is 0 Å². The van der Waals surface area contributed by atoms with E-state index in [0.717, 1.165) is 13.0 Å². The first-order valence-corrected chi connectivity index (χ1v) is 7.10. The first kappa shape index (κ1) is 17.5. The molecule has 0 bridgehead atoms. The van der Waals surface area contributed by atoms with Crippen LogP contribution >= 0.6 is 12.4 Å². The molecule has 1 fully saturated rings. The van der Waals surface area contributed by atoms with Crippen molar-refractivity contribution in [3.63, 3.8) is 0 Å². The van der Waals surface area contributed by atoms with Gasteiger partial charge in [-0.15, -0.1) is 12.4 Å². The SMILES string of the molecule is CCC(=O)Nc1cccc(C(=O)NCC2CCCN2)c1.Cl. The lowest BCUT2D eigenvalue weighted by atomic mass is 10.1. The Morgan fingerprint density at radius 2 is 2.19 bits per heavy atom. The summed E-state index contributed by atoms with van der Waals surface area (Å²) in [4.78, 5) is 23.4. The minimum atomic E-state index is -0.105. The molecular formula is C15H22ClN3O2. The Balaban J connectivity index is 0.00000220. The fourth-order valence-electron chi connectivity index (χ4n) is 2.24. The van der Waals surface area contributed by atoms with Crippen LogP contribution in [0.3, 0.4) is 0 Å². The second-order valence-corrected chi connectivity index (χ2v) is 4.99. The predicted octanol–water partition coefficient (Wildman–Crippen LogP) is 1.94. The van der Waals surface area contributed by atoms with Gasteiger partial charge in [0.05, 0.1) is 0 Å². The fourth-order valence-corrected chi connectivity index (χ4v) is 2.24. The highest BCUT2D eigenvalue weighted by Crippen LogP contribution is 2.11. The molecular weight excluding hydrogens is 290 g/mol. The molecule has 3 N–H and O–H groups in total. The molecule has 0 spiro atoms. The van der Waals surface area contributed by atoms with Gasteiger partial charge in [-0.2, -0.15) is 0 Å². The van der Waals surface area contributed by atoms with Crippen LogP contribution in [0.15, 0.2) is 24.3 Å². The molecule has 0 saturated carbocycles. The van der Waals surface area contributed by atoms with Gasteiger partial charge in [0.1, 0.15) is 0 Å². The Kier molecular flexibility index (Phi) is 7.19. The molecule has 0 radical (unpaired) electrons. The molecule has 1 aromatic rings. The van der Waals surface area contributed by atoms with Gasteiger partial charge in [-0.1, -0.05) is 13.0 Å². The fraction of sp³-hybridized carbons (Fsp3) is 0.467. The van der Waals surface area contributed by atoms with Crippen molar-refractivity contribution in [2.75, 3.05) is 18.4 Å². The van der Waals surface area contributed by atoms with E-state index < -0.39 is 0 Å². The standard InChI is InChI=1S/C15H21N3O2.ClH/c1-2-14(19)18-12-6-3-5-11(9-12)15(20)17-10-13-7-4-8-16-13;/h3,5-6,9,13,16H,2,4,7-8,10H2,1H3,(H,17,20)(H,18,19);1H. The minimum absolute atomic E-state index is 0. The lowest BCUT2D eigenvalue weighted by Crippen LogP contribution is -2.37. The van der Waals surface area contributed by atoms with Gasteiger partial charge in [-0.3, -0.25) is 9.59 Å². The van der Waals surface area contributed by atoms with Crippen molar-refractivity contribution in [1.29, 1.82) is 0 Å². The molecule has 6 heteroatoms. The van der Waals surface area contributed by atoms with Crippen molar-refractivity contribution < 1.29 is 9.59 Å². The van der Waals surface area contributed by atoms with E-state index in [9.17, 15) is 9.59 Å². The van der Waals surface area contributed by atoms with E-state index in [0.29, 0.717) is 30.3 Å². The normalized spacial score (nSPS) is 16.9. The average molecular weight is 312 g/mol. The van der Waals surface area contributed by atoms with E-state index in [2.05, 4.69) is 16.0 Å². The summed E-state index contributed by atoms with van der Waals surface area (Å²) in [5.41, 5.74) is 1.22. The van der Waals surface area contributed by atoms with E-state index in [4.69, 9.17) is 0 Å². The van der Waals surface area contributed by atoms with Crippen LogP contribution in [-0.2, 0) is 4.79 Å². The number of carbonyl (C=O) groups excluding carboxylic acids is 2. The molecule has 1 atom stereocenters. The number of hydrogen-bond acceptors (Lipinski definition) is 3. The molecule has 1 saturated heterocycles. The van der Waals surface area contributed by atoms with E-state index >= 15 is 0 Å². The van der Waals surface area contributed by atoms with Crippen molar-refractivity contribution in [3.05, 3.63) is 29.8 Å². The summed E-state index contributed by atoms with van der Waals surface area (Å²) >= 11 is 0. The number of anilines is 1. The summed E-state index contributed by atoms with van der Waals surface area (Å²) < 4.78 is 0. The second-order valence-electron chi connectivity index (χ2n) is 4.99. The zero-order chi connectivity index (χ0) is 14.4. The van der Waals surface area contributed by atoms with Crippen molar-refractivity contribution in [2.24, 2.45) is 0 Å². The maximum Gasteiger partial charge on any atom is 0.251 e. The Bertz CT molecular complexity index is 488. The first-order valence-electron chi connectivity index (χ1n) is 7.10. The molecule has 1 heterocycles. The molecule has 2 amide bonds. The van der Waals surface area contributed by atoms with Gasteiger partial charge < -0.3 is 16.0 Å². The van der Waals surface area contributed by atoms with Crippen molar-refractivity contribution in [1.82, 2.24) is 10.6 Å². The number of carbonyl (C=O) groups is 2. The average Bonchev–Trinajstić information content (AvgIpc) is 2.98. The highest BCUT2D eigenvalue weighted by Gasteiger charge is 2.15. The Morgan fingerprint density at radius 3 is 2.86 bits per heavy atom. The second kappa shape index (κ2) is 8.64.